The van der Waals surface area contributed by atoms with Crippen molar-refractivity contribution in [1.82, 2.24) is 45.6 Å². The van der Waals surface area contributed by atoms with Crippen LogP contribution in [0.15, 0.2) is 41.5 Å². The molecule has 294 valence electrons. The average Bonchev–Trinajstić information content (AvgIpc) is 3.58. The van der Waals surface area contributed by atoms with Gasteiger partial charge >= 0.3 is 11.9 Å². The van der Waals surface area contributed by atoms with Gasteiger partial charge in [0.15, 0.2) is 23.6 Å². The van der Waals surface area contributed by atoms with E-state index >= 15 is 0 Å². The number of hydrogen-bond acceptors (Lipinski definition) is 17. The van der Waals surface area contributed by atoms with Gasteiger partial charge < -0.3 is 56.7 Å². The number of hydrogen-bond donors (Lipinski definition) is 10. The third-order valence-electron chi connectivity index (χ3n) is 8.29. The van der Waals surface area contributed by atoms with Crippen LogP contribution in [0.25, 0.3) is 11.2 Å². The molecule has 1 aromatic carbocycles. The summed E-state index contributed by atoms with van der Waals surface area (Å²) < 4.78 is 11.8. The van der Waals surface area contributed by atoms with Crippen LogP contribution in [0.2, 0.25) is 0 Å². The highest BCUT2D eigenvalue weighted by Crippen LogP contribution is 2.22. The smallest absolute Gasteiger partial charge is 0.335 e. The maximum absolute atomic E-state index is 12.8. The Labute approximate surface area is 309 Å². The Morgan fingerprint density at radius 3 is 2.49 bits per heavy atom. The van der Waals surface area contributed by atoms with Crippen LogP contribution >= 0.6 is 0 Å². The summed E-state index contributed by atoms with van der Waals surface area (Å²) in [6.45, 7) is 1.87. The lowest BCUT2D eigenvalue weighted by Gasteiger charge is -2.38. The van der Waals surface area contributed by atoms with Gasteiger partial charge in [0, 0.05) is 36.3 Å². The molecule has 23 heteroatoms. The Hall–Kier alpha value is -6.14. The predicted octanol–water partition coefficient (Wildman–Crippen LogP) is -2.88. The average molecular weight is 770 g/mol. The fraction of sp³-hybridized carbons (Fsp3) is 0.438. The number of aliphatic carboxylic acids is 2. The highest BCUT2D eigenvalue weighted by molar-refractivity contribution is 5.97. The van der Waals surface area contributed by atoms with E-state index in [1.165, 1.54) is 23.0 Å². The zero-order valence-corrected chi connectivity index (χ0v) is 29.1. The topological polar surface area (TPSA) is 352 Å². The molecule has 5 rings (SSSR count). The Morgan fingerprint density at radius 2 is 1.78 bits per heavy atom. The summed E-state index contributed by atoms with van der Waals surface area (Å²) in [6, 6.07) is 4.39. The lowest BCUT2D eigenvalue weighted by Crippen LogP contribution is -2.60. The number of aromatic amines is 1. The number of fused-ring (bicyclic) bond motifs is 1. The van der Waals surface area contributed by atoms with Gasteiger partial charge in [0.05, 0.1) is 37.3 Å². The largest absolute Gasteiger partial charge is 0.480 e. The number of benzene rings is 1. The van der Waals surface area contributed by atoms with E-state index < -0.39 is 72.1 Å². The molecular formula is C32H39N11O12. The fourth-order valence-corrected chi connectivity index (χ4v) is 5.47. The van der Waals surface area contributed by atoms with E-state index in [1.54, 1.807) is 25.3 Å². The number of anilines is 2. The number of carboxylic acids is 2. The summed E-state index contributed by atoms with van der Waals surface area (Å²) in [5.41, 5.74) is 6.86. The number of nitrogens with zero attached hydrogens (tertiary/aromatic N) is 6. The third-order valence-corrected chi connectivity index (χ3v) is 8.29. The molecule has 23 nitrogen and oxygen atoms in total. The summed E-state index contributed by atoms with van der Waals surface area (Å²) in [4.78, 5) is 75.3. The van der Waals surface area contributed by atoms with Gasteiger partial charge in [-0.15, -0.1) is 5.10 Å². The van der Waals surface area contributed by atoms with Crippen molar-refractivity contribution in [1.29, 1.82) is 0 Å². The van der Waals surface area contributed by atoms with Crippen molar-refractivity contribution in [2.24, 2.45) is 0 Å². The number of nitrogen functional groups attached to an aromatic ring is 1. The molecule has 4 aromatic rings. The van der Waals surface area contributed by atoms with Crippen LogP contribution in [-0.4, -0.2) is 134 Å². The quantitative estimate of drug-likeness (QED) is 0.0515. The van der Waals surface area contributed by atoms with Crippen molar-refractivity contribution in [2.75, 3.05) is 17.7 Å². The van der Waals surface area contributed by atoms with Gasteiger partial charge in [-0.1, -0.05) is 5.21 Å². The molecule has 11 N–H and O–H groups in total. The van der Waals surface area contributed by atoms with Gasteiger partial charge in [0.25, 0.3) is 11.5 Å². The molecule has 0 spiro atoms. The Kier molecular flexibility index (Phi) is 13.0. The van der Waals surface area contributed by atoms with Crippen LogP contribution in [0.4, 0.5) is 11.6 Å². The van der Waals surface area contributed by atoms with Gasteiger partial charge in [-0.3, -0.25) is 19.4 Å². The van der Waals surface area contributed by atoms with E-state index in [0.29, 0.717) is 17.1 Å². The summed E-state index contributed by atoms with van der Waals surface area (Å²) in [5.74, 6) is -4.04. The number of rotatable bonds is 17. The van der Waals surface area contributed by atoms with Crippen molar-refractivity contribution in [3.05, 3.63) is 64.0 Å². The van der Waals surface area contributed by atoms with Crippen LogP contribution in [0.3, 0.4) is 0 Å². The normalized spacial score (nSPS) is 20.7. The molecule has 1 saturated heterocycles. The van der Waals surface area contributed by atoms with Crippen LogP contribution in [0.5, 0.6) is 0 Å². The molecule has 0 radical (unpaired) electrons. The van der Waals surface area contributed by atoms with Crippen molar-refractivity contribution < 1.29 is 54.2 Å². The number of aliphatic hydroxyl groups is 3. The van der Waals surface area contributed by atoms with Crippen LogP contribution < -0.4 is 27.2 Å². The number of carboxylic acid groups (broad SMARTS) is 2. The maximum Gasteiger partial charge on any atom is 0.335 e. The molecule has 7 atom stereocenters. The lowest BCUT2D eigenvalue weighted by atomic mass is 9.99. The number of nitrogens with two attached hydrogens (primary N) is 1. The van der Waals surface area contributed by atoms with E-state index in [9.17, 15) is 44.4 Å². The first kappa shape index (κ1) is 40.1. The van der Waals surface area contributed by atoms with E-state index in [0.717, 1.165) is 0 Å². The molecule has 1 fully saturated rings. The minimum absolute atomic E-state index is 0.0322. The second-order valence-corrected chi connectivity index (χ2v) is 12.6. The number of aliphatic hydroxyl groups excluding tert-OH is 3. The van der Waals surface area contributed by atoms with Gasteiger partial charge in [-0.05, 0) is 37.6 Å². The lowest BCUT2D eigenvalue weighted by molar-refractivity contribution is -0.294. The molecule has 1 aliphatic heterocycles. The molecule has 3 unspecified atom stereocenters. The summed E-state index contributed by atoms with van der Waals surface area (Å²) in [7, 11) is 0. The van der Waals surface area contributed by atoms with Crippen LogP contribution in [0.1, 0.15) is 41.5 Å². The van der Waals surface area contributed by atoms with Gasteiger partial charge in [0.2, 0.25) is 11.9 Å². The monoisotopic (exact) mass is 769 g/mol. The van der Waals surface area contributed by atoms with Crippen molar-refractivity contribution >= 4 is 46.6 Å². The molecule has 1 aliphatic rings. The summed E-state index contributed by atoms with van der Waals surface area (Å²) in [6.07, 6.45) is -5.74. The van der Waals surface area contributed by atoms with Crippen molar-refractivity contribution in [3.63, 3.8) is 0 Å². The Morgan fingerprint density at radius 1 is 1.04 bits per heavy atom. The maximum atomic E-state index is 12.8. The zero-order chi connectivity index (χ0) is 39.8. The van der Waals surface area contributed by atoms with Crippen molar-refractivity contribution in [2.45, 2.75) is 82.1 Å². The fourth-order valence-electron chi connectivity index (χ4n) is 5.47. The second kappa shape index (κ2) is 17.8. The number of carbonyl (C=O) groups excluding carboxylic acids is 2. The number of carbonyl (C=O) groups is 4. The van der Waals surface area contributed by atoms with Crippen molar-refractivity contribution in [3.8, 4) is 0 Å². The van der Waals surface area contributed by atoms with E-state index in [4.69, 9.17) is 20.3 Å². The van der Waals surface area contributed by atoms with Crippen LogP contribution in [-0.2, 0) is 43.4 Å². The van der Waals surface area contributed by atoms with E-state index in [2.05, 4.69) is 46.2 Å². The number of H-pyrrole nitrogens is 1. The SMILES string of the molecule is C[C@H](Cc1cn(CCOC2OC(C(=O)O)C(O)[C@H](O)[C@H]2O)nn1)NC(=O)CC[C@H](NC(=O)c1ccc(NCc2cnc3nc(N)[nH]c(=O)c3n2)cc1)C(=O)O. The molecule has 3 aromatic heterocycles. The van der Waals surface area contributed by atoms with Gasteiger partial charge in [0.1, 0.15) is 24.4 Å². The second-order valence-electron chi connectivity index (χ2n) is 12.6. The van der Waals surface area contributed by atoms with Crippen LogP contribution in [0, 0.1) is 0 Å². The summed E-state index contributed by atoms with van der Waals surface area (Å²) in [5, 5.41) is 64.8. The third kappa shape index (κ3) is 10.5. The molecule has 4 heterocycles. The molecule has 0 saturated carbocycles. The number of ether oxygens (including phenoxy) is 2. The number of aromatic nitrogens is 7. The molecule has 2 amide bonds. The minimum atomic E-state index is -1.84. The summed E-state index contributed by atoms with van der Waals surface area (Å²) >= 11 is 0. The highest BCUT2D eigenvalue weighted by Gasteiger charge is 2.47. The molecule has 0 bridgehead atoms. The Balaban J connectivity index is 1.03. The number of nitrogens with one attached hydrogen (secondary N) is 4. The zero-order valence-electron chi connectivity index (χ0n) is 29.1. The first-order valence-corrected chi connectivity index (χ1v) is 16.8. The number of amides is 2. The molecule has 55 heavy (non-hydrogen) atoms. The van der Waals surface area contributed by atoms with E-state index in [-0.39, 0.29) is 61.6 Å². The first-order valence-electron chi connectivity index (χ1n) is 16.8. The van der Waals surface area contributed by atoms with Gasteiger partial charge in [-0.25, -0.2) is 24.2 Å². The Bertz CT molecular complexity index is 2060. The van der Waals surface area contributed by atoms with Gasteiger partial charge in [-0.2, -0.15) is 4.98 Å². The molecular weight excluding hydrogens is 730 g/mol. The molecule has 0 aliphatic carbocycles. The standard InChI is InChI=1S/C32H39N11O12/c1-14(10-17-13-43(42-41-17)8-9-54-31-24(47)22(45)23(46)25(55-31)30(52)53)36-20(44)7-6-19(29(50)51)38-27(48)15-2-4-16(5-3-15)34-11-18-12-35-26-21(37-18)28(49)40-32(33)39-26/h2-5,12-14,19,22-25,31,34,45-47H,6-11H2,1H3,(H,36,44)(H,38,48)(H,50,51)(H,52,53)(H3,33,35,39,40,49)/t14-,19+,22+,23?,24-,25?,31?/m1/s1. The first-order chi connectivity index (χ1) is 26.2. The van der Waals surface area contributed by atoms with E-state index in [1.807, 2.05) is 0 Å². The highest BCUT2D eigenvalue weighted by atomic mass is 16.7. The predicted molar refractivity (Wildman–Crippen MR) is 186 cm³/mol. The minimum Gasteiger partial charge on any atom is -0.480 e.